The van der Waals surface area contributed by atoms with Crippen molar-refractivity contribution in [3.63, 3.8) is 0 Å². The summed E-state index contributed by atoms with van der Waals surface area (Å²) in [6.07, 6.45) is 2.10. The highest BCUT2D eigenvalue weighted by atomic mass is 35.5. The van der Waals surface area contributed by atoms with Crippen LogP contribution < -0.4 is 21.7 Å². The van der Waals surface area contributed by atoms with E-state index in [2.05, 4.69) is 60.5 Å². The first-order valence-corrected chi connectivity index (χ1v) is 6.63. The molecule has 3 nitrogen and oxygen atoms in total. The van der Waals surface area contributed by atoms with Gasteiger partial charge in [-0.1, -0.05) is 18.2 Å². The lowest BCUT2D eigenvalue weighted by atomic mass is 10.1. The number of aromatic nitrogens is 2. The molecule has 0 amide bonds. The molecule has 0 spiro atoms. The van der Waals surface area contributed by atoms with Crippen molar-refractivity contribution in [2.45, 2.75) is 20.4 Å². The van der Waals surface area contributed by atoms with Gasteiger partial charge in [-0.2, -0.15) is 4.57 Å². The second kappa shape index (κ2) is 5.33. The highest BCUT2D eigenvalue weighted by Gasteiger charge is 2.21. The van der Waals surface area contributed by atoms with Gasteiger partial charge in [0.05, 0.1) is 12.5 Å². The summed E-state index contributed by atoms with van der Waals surface area (Å²) in [4.78, 5) is 0. The molecule has 3 aromatic rings. The monoisotopic (exact) mass is 290 g/mol. The van der Waals surface area contributed by atoms with E-state index >= 15 is 0 Å². The maximum absolute atomic E-state index is 5.61. The van der Waals surface area contributed by atoms with Crippen molar-refractivity contribution in [3.8, 4) is 5.75 Å². The fraction of sp³-hybridized carbons (Fsp3) is 0.312. The first-order valence-electron chi connectivity index (χ1n) is 6.63. The molecule has 2 aromatic heterocycles. The molecule has 0 fully saturated rings. The minimum absolute atomic E-state index is 0. The molecule has 20 heavy (non-hydrogen) atoms. The number of ether oxygens (including phenoxy) is 1. The molecule has 106 valence electrons. The number of nitrogens with zero attached hydrogens (tertiary/aromatic N) is 2. The molecule has 0 N–H and O–H groups in total. The summed E-state index contributed by atoms with van der Waals surface area (Å²) in [6, 6.07) is 8.48. The van der Waals surface area contributed by atoms with Gasteiger partial charge < -0.3 is 21.7 Å². The summed E-state index contributed by atoms with van der Waals surface area (Å²) in [5.74, 6) is 0.944. The van der Waals surface area contributed by atoms with Crippen LogP contribution >= 0.6 is 0 Å². The number of rotatable bonds is 2. The van der Waals surface area contributed by atoms with E-state index in [4.69, 9.17) is 4.74 Å². The van der Waals surface area contributed by atoms with Gasteiger partial charge in [0.1, 0.15) is 12.1 Å². The van der Waals surface area contributed by atoms with E-state index in [-0.39, 0.29) is 12.4 Å². The SMILES string of the molecule is CC[n+]1cc(OC)c2c3ccccc3n(C)c2c1C.[Cl-]. The number of hydrogen-bond acceptors (Lipinski definition) is 1. The van der Waals surface area contributed by atoms with Crippen LogP contribution in [-0.4, -0.2) is 11.7 Å². The lowest BCUT2D eigenvalue weighted by Gasteiger charge is -2.06. The summed E-state index contributed by atoms with van der Waals surface area (Å²) in [5.41, 5.74) is 3.77. The number of fused-ring (bicyclic) bond motifs is 3. The number of aryl methyl sites for hydroxylation is 3. The predicted octanol–water partition coefficient (Wildman–Crippen LogP) is -0.0401. The van der Waals surface area contributed by atoms with E-state index in [1.807, 2.05) is 0 Å². The summed E-state index contributed by atoms with van der Waals surface area (Å²) in [7, 11) is 3.86. The lowest BCUT2D eigenvalue weighted by molar-refractivity contribution is -0.698. The molecule has 0 radical (unpaired) electrons. The van der Waals surface area contributed by atoms with Gasteiger partial charge in [-0.3, -0.25) is 0 Å². The highest BCUT2D eigenvalue weighted by molar-refractivity contribution is 6.11. The number of pyridine rings is 1. The van der Waals surface area contributed by atoms with Crippen LogP contribution in [0.1, 0.15) is 12.6 Å². The molecule has 0 unspecified atom stereocenters. The topological polar surface area (TPSA) is 18.0 Å². The van der Waals surface area contributed by atoms with Gasteiger partial charge in [-0.25, -0.2) is 0 Å². The van der Waals surface area contributed by atoms with Gasteiger partial charge in [-0.15, -0.1) is 0 Å². The zero-order valence-corrected chi connectivity index (χ0v) is 13.0. The Hall–Kier alpha value is -1.74. The Morgan fingerprint density at radius 3 is 2.60 bits per heavy atom. The van der Waals surface area contributed by atoms with E-state index in [9.17, 15) is 0 Å². The minimum Gasteiger partial charge on any atom is -1.00 e. The van der Waals surface area contributed by atoms with Crippen molar-refractivity contribution in [2.75, 3.05) is 7.11 Å². The molecular weight excluding hydrogens is 272 g/mol. The van der Waals surface area contributed by atoms with Crippen LogP contribution in [0.4, 0.5) is 0 Å². The molecule has 0 saturated heterocycles. The molecule has 4 heteroatoms. The van der Waals surface area contributed by atoms with Gasteiger partial charge >= 0.3 is 0 Å². The molecule has 0 saturated carbocycles. The van der Waals surface area contributed by atoms with Gasteiger partial charge in [0, 0.05) is 24.9 Å². The van der Waals surface area contributed by atoms with Gasteiger partial charge in [0.25, 0.3) is 0 Å². The Labute approximate surface area is 125 Å². The van der Waals surface area contributed by atoms with Crippen LogP contribution in [-0.2, 0) is 13.6 Å². The largest absolute Gasteiger partial charge is 1.00 e. The molecule has 3 rings (SSSR count). The van der Waals surface area contributed by atoms with E-state index in [0.717, 1.165) is 12.3 Å². The maximum atomic E-state index is 5.61. The molecule has 0 aliphatic carbocycles. The Morgan fingerprint density at radius 2 is 1.95 bits per heavy atom. The highest BCUT2D eigenvalue weighted by Crippen LogP contribution is 2.34. The quantitative estimate of drug-likeness (QED) is 0.606. The van der Waals surface area contributed by atoms with Crippen molar-refractivity contribution in [1.29, 1.82) is 0 Å². The number of benzene rings is 1. The third-order valence-electron chi connectivity index (χ3n) is 3.96. The Kier molecular flexibility index (Phi) is 3.91. The molecule has 0 aliphatic heterocycles. The van der Waals surface area contributed by atoms with Crippen molar-refractivity contribution in [2.24, 2.45) is 7.05 Å². The van der Waals surface area contributed by atoms with Gasteiger partial charge in [0.15, 0.2) is 5.75 Å². The van der Waals surface area contributed by atoms with E-state index < -0.39 is 0 Å². The molecule has 0 bridgehead atoms. The zero-order chi connectivity index (χ0) is 13.6. The van der Waals surface area contributed by atoms with Crippen LogP contribution in [0.3, 0.4) is 0 Å². The van der Waals surface area contributed by atoms with Crippen LogP contribution in [0.2, 0.25) is 0 Å². The Balaban J connectivity index is 0.00000147. The molecule has 2 heterocycles. The number of hydrogen-bond donors (Lipinski definition) is 0. The van der Waals surface area contributed by atoms with E-state index in [1.165, 1.54) is 27.5 Å². The normalized spacial score (nSPS) is 10.8. The first-order chi connectivity index (χ1) is 9.19. The van der Waals surface area contributed by atoms with E-state index in [0.29, 0.717) is 0 Å². The minimum atomic E-state index is 0. The summed E-state index contributed by atoms with van der Waals surface area (Å²) >= 11 is 0. The zero-order valence-electron chi connectivity index (χ0n) is 12.3. The van der Waals surface area contributed by atoms with Crippen molar-refractivity contribution < 1.29 is 21.7 Å². The van der Waals surface area contributed by atoms with Crippen molar-refractivity contribution >= 4 is 21.8 Å². The molecular formula is C16H19ClN2O. The number of methoxy groups -OCH3 is 1. The predicted molar refractivity (Wildman–Crippen MR) is 77.6 cm³/mol. The third-order valence-corrected chi connectivity index (χ3v) is 3.96. The van der Waals surface area contributed by atoms with Crippen LogP contribution in [0.25, 0.3) is 21.8 Å². The fourth-order valence-electron chi connectivity index (χ4n) is 2.99. The van der Waals surface area contributed by atoms with Gasteiger partial charge in [0.2, 0.25) is 11.9 Å². The Bertz CT molecular complexity index is 777. The summed E-state index contributed by atoms with van der Waals surface area (Å²) in [5, 5.41) is 2.46. The standard InChI is InChI=1S/C16H19N2O.ClH/c1-5-18-10-14(19-4)15-12-8-6-7-9-13(12)17(3)16(15)11(18)2;/h6-10H,5H2,1-4H3;1H/q+1;/p-1. The Morgan fingerprint density at radius 1 is 1.25 bits per heavy atom. The van der Waals surface area contributed by atoms with Crippen LogP contribution in [0.15, 0.2) is 30.5 Å². The first kappa shape index (κ1) is 14.7. The number of halogens is 1. The molecule has 1 aromatic carbocycles. The van der Waals surface area contributed by atoms with E-state index in [1.54, 1.807) is 7.11 Å². The molecule has 0 atom stereocenters. The lowest BCUT2D eigenvalue weighted by Crippen LogP contribution is -3.00. The van der Waals surface area contributed by atoms with Crippen molar-refractivity contribution in [3.05, 3.63) is 36.2 Å². The average Bonchev–Trinajstić information content (AvgIpc) is 2.75. The second-order valence-corrected chi connectivity index (χ2v) is 4.87. The average molecular weight is 291 g/mol. The smallest absolute Gasteiger partial charge is 0.212 e. The van der Waals surface area contributed by atoms with Crippen LogP contribution in [0.5, 0.6) is 5.75 Å². The molecule has 0 aliphatic rings. The fourth-order valence-corrected chi connectivity index (χ4v) is 2.99. The summed E-state index contributed by atoms with van der Waals surface area (Å²) < 4.78 is 10.1. The second-order valence-electron chi connectivity index (χ2n) is 4.87. The number of para-hydroxylation sites is 1. The van der Waals surface area contributed by atoms with Crippen molar-refractivity contribution in [1.82, 2.24) is 4.57 Å². The van der Waals surface area contributed by atoms with Crippen LogP contribution in [0, 0.1) is 6.92 Å². The van der Waals surface area contributed by atoms with Gasteiger partial charge in [-0.05, 0) is 13.0 Å². The summed E-state index contributed by atoms with van der Waals surface area (Å²) in [6.45, 7) is 5.27. The maximum Gasteiger partial charge on any atom is 0.212 e. The third kappa shape index (κ3) is 1.85.